The molecule has 0 aliphatic carbocycles. The van der Waals surface area contributed by atoms with Gasteiger partial charge in [-0.05, 0) is 30.3 Å². The number of rotatable bonds is 4. The zero-order valence-corrected chi connectivity index (χ0v) is 17.2. The van der Waals surface area contributed by atoms with Crippen molar-refractivity contribution in [2.45, 2.75) is 6.17 Å². The summed E-state index contributed by atoms with van der Waals surface area (Å²) in [4.78, 5) is 20.1. The van der Waals surface area contributed by atoms with E-state index in [1.807, 2.05) is 66.7 Å². The van der Waals surface area contributed by atoms with Crippen molar-refractivity contribution in [1.29, 1.82) is 0 Å². The van der Waals surface area contributed by atoms with E-state index in [1.165, 1.54) is 0 Å². The van der Waals surface area contributed by atoms with Gasteiger partial charge in [0.25, 0.3) is 5.91 Å². The van der Waals surface area contributed by atoms with Crippen LogP contribution in [0, 0.1) is 0 Å². The van der Waals surface area contributed by atoms with Gasteiger partial charge in [-0.1, -0.05) is 36.4 Å². The molecule has 1 atom stereocenters. The maximum absolute atomic E-state index is 13.7. The van der Waals surface area contributed by atoms with Crippen LogP contribution < -0.4 is 19.7 Å². The van der Waals surface area contributed by atoms with E-state index in [4.69, 9.17) is 9.47 Å². The van der Waals surface area contributed by atoms with Crippen LogP contribution in [0.5, 0.6) is 11.5 Å². The summed E-state index contributed by atoms with van der Waals surface area (Å²) in [6.07, 6.45) is 1.30. The number of benzene rings is 3. The lowest BCUT2D eigenvalue weighted by Gasteiger charge is -2.38. The Bertz CT molecular complexity index is 1280. The molecule has 3 aromatic carbocycles. The summed E-state index contributed by atoms with van der Waals surface area (Å²) in [5, 5.41) is 4.55. The molecule has 0 fully saturated rings. The fourth-order valence-electron chi connectivity index (χ4n) is 4.05. The Kier molecular flexibility index (Phi) is 4.67. The molecule has 0 unspecified atom stereocenters. The summed E-state index contributed by atoms with van der Waals surface area (Å²) in [7, 11) is 3.19. The standard InChI is InChI=1S/C25H21N3O3/c1-30-17-12-13-21(22(15-17)31-2)28-24(27-20-11-4-3-9-18(20)25(28)29)19-10-5-7-16-8-6-14-26-23(16)19/h3-15,24,27H,1-2H3/t24-/m0/s1. The number of carbonyl (C=O) groups excluding carboxylic acids is 1. The Morgan fingerprint density at radius 2 is 1.77 bits per heavy atom. The highest BCUT2D eigenvalue weighted by atomic mass is 16.5. The van der Waals surface area contributed by atoms with Gasteiger partial charge >= 0.3 is 0 Å². The smallest absolute Gasteiger partial charge is 0.262 e. The van der Waals surface area contributed by atoms with Gasteiger partial charge in [-0.2, -0.15) is 0 Å². The van der Waals surface area contributed by atoms with Crippen molar-refractivity contribution in [3.05, 3.63) is 90.1 Å². The van der Waals surface area contributed by atoms with Crippen LogP contribution in [0.2, 0.25) is 0 Å². The first-order valence-electron chi connectivity index (χ1n) is 9.96. The minimum atomic E-state index is -0.469. The van der Waals surface area contributed by atoms with Crippen LogP contribution in [0.15, 0.2) is 79.0 Å². The van der Waals surface area contributed by atoms with E-state index < -0.39 is 6.17 Å². The molecular weight excluding hydrogens is 390 g/mol. The molecule has 2 heterocycles. The summed E-state index contributed by atoms with van der Waals surface area (Å²) < 4.78 is 11.0. The fraction of sp³-hybridized carbons (Fsp3) is 0.120. The molecule has 1 amide bonds. The van der Waals surface area contributed by atoms with Crippen molar-refractivity contribution in [2.24, 2.45) is 0 Å². The molecule has 1 aliphatic rings. The number of para-hydroxylation sites is 2. The largest absolute Gasteiger partial charge is 0.497 e. The van der Waals surface area contributed by atoms with Crippen molar-refractivity contribution in [2.75, 3.05) is 24.4 Å². The zero-order chi connectivity index (χ0) is 21.4. The molecule has 0 saturated carbocycles. The first-order chi connectivity index (χ1) is 15.2. The summed E-state index contributed by atoms with van der Waals surface area (Å²) in [6, 6.07) is 22.9. The van der Waals surface area contributed by atoms with E-state index >= 15 is 0 Å². The van der Waals surface area contributed by atoms with Crippen LogP contribution in [-0.2, 0) is 0 Å². The lowest BCUT2D eigenvalue weighted by Crippen LogP contribution is -2.43. The first kappa shape index (κ1) is 18.9. The van der Waals surface area contributed by atoms with Crippen LogP contribution in [0.4, 0.5) is 11.4 Å². The molecule has 6 heteroatoms. The van der Waals surface area contributed by atoms with Gasteiger partial charge in [0.2, 0.25) is 0 Å². The summed E-state index contributed by atoms with van der Waals surface area (Å²) in [5.41, 5.74) is 3.78. The van der Waals surface area contributed by atoms with Crippen LogP contribution in [0.3, 0.4) is 0 Å². The average Bonchev–Trinajstić information content (AvgIpc) is 2.83. The number of ether oxygens (including phenoxy) is 2. The van der Waals surface area contributed by atoms with Crippen LogP contribution in [-0.4, -0.2) is 25.1 Å². The Hall–Kier alpha value is -4.06. The van der Waals surface area contributed by atoms with Crippen molar-refractivity contribution in [3.63, 3.8) is 0 Å². The molecular formula is C25H21N3O3. The number of nitrogens with one attached hydrogen (secondary N) is 1. The third-order valence-corrected chi connectivity index (χ3v) is 5.53. The second-order valence-corrected chi connectivity index (χ2v) is 7.23. The highest BCUT2D eigenvalue weighted by molar-refractivity contribution is 6.13. The maximum Gasteiger partial charge on any atom is 0.262 e. The minimum Gasteiger partial charge on any atom is -0.497 e. The van der Waals surface area contributed by atoms with Gasteiger partial charge in [0.15, 0.2) is 0 Å². The highest BCUT2D eigenvalue weighted by Gasteiger charge is 2.36. The quantitative estimate of drug-likeness (QED) is 0.511. The fourth-order valence-corrected chi connectivity index (χ4v) is 4.05. The lowest BCUT2D eigenvalue weighted by molar-refractivity contribution is 0.0974. The molecule has 0 spiro atoms. The molecule has 1 aliphatic heterocycles. The Labute approximate surface area is 180 Å². The molecule has 1 aromatic heterocycles. The van der Waals surface area contributed by atoms with E-state index in [0.29, 0.717) is 22.7 Å². The van der Waals surface area contributed by atoms with E-state index in [9.17, 15) is 4.79 Å². The van der Waals surface area contributed by atoms with E-state index in [0.717, 1.165) is 22.2 Å². The second kappa shape index (κ2) is 7.65. The molecule has 5 rings (SSSR count). The number of hydrogen-bond donors (Lipinski definition) is 1. The number of hydrogen-bond acceptors (Lipinski definition) is 5. The number of fused-ring (bicyclic) bond motifs is 2. The summed E-state index contributed by atoms with van der Waals surface area (Å²) >= 11 is 0. The number of pyridine rings is 1. The zero-order valence-electron chi connectivity index (χ0n) is 17.2. The average molecular weight is 411 g/mol. The number of carbonyl (C=O) groups is 1. The van der Waals surface area contributed by atoms with Gasteiger partial charge in [0.1, 0.15) is 17.7 Å². The van der Waals surface area contributed by atoms with Crippen molar-refractivity contribution in [1.82, 2.24) is 4.98 Å². The Balaban J connectivity index is 1.74. The van der Waals surface area contributed by atoms with Gasteiger partial charge in [0, 0.05) is 28.9 Å². The van der Waals surface area contributed by atoms with Crippen molar-refractivity contribution in [3.8, 4) is 11.5 Å². The third-order valence-electron chi connectivity index (χ3n) is 5.53. The minimum absolute atomic E-state index is 0.115. The molecule has 6 nitrogen and oxygen atoms in total. The number of aromatic nitrogens is 1. The van der Waals surface area contributed by atoms with Crippen LogP contribution >= 0.6 is 0 Å². The number of amides is 1. The predicted molar refractivity (Wildman–Crippen MR) is 121 cm³/mol. The lowest BCUT2D eigenvalue weighted by atomic mass is 10.00. The molecule has 1 N–H and O–H groups in total. The maximum atomic E-state index is 13.7. The highest BCUT2D eigenvalue weighted by Crippen LogP contribution is 2.42. The van der Waals surface area contributed by atoms with Gasteiger partial charge in [-0.15, -0.1) is 0 Å². The Morgan fingerprint density at radius 3 is 2.61 bits per heavy atom. The monoisotopic (exact) mass is 411 g/mol. The van der Waals surface area contributed by atoms with Crippen LogP contribution in [0.25, 0.3) is 10.9 Å². The van der Waals surface area contributed by atoms with Gasteiger partial charge in [-0.3, -0.25) is 14.7 Å². The summed E-state index contributed by atoms with van der Waals surface area (Å²) in [5.74, 6) is 1.09. The summed E-state index contributed by atoms with van der Waals surface area (Å²) in [6.45, 7) is 0. The van der Waals surface area contributed by atoms with E-state index in [2.05, 4.69) is 10.3 Å². The third kappa shape index (κ3) is 3.13. The second-order valence-electron chi connectivity index (χ2n) is 7.23. The SMILES string of the molecule is COc1ccc(N2C(=O)c3ccccc3N[C@@H]2c2cccc3cccnc23)c(OC)c1. The molecule has 31 heavy (non-hydrogen) atoms. The van der Waals surface area contributed by atoms with Gasteiger partial charge in [-0.25, -0.2) is 0 Å². The van der Waals surface area contributed by atoms with Gasteiger partial charge in [0.05, 0.1) is 31.0 Å². The molecule has 4 aromatic rings. The molecule has 0 saturated heterocycles. The molecule has 0 radical (unpaired) electrons. The number of nitrogens with zero attached hydrogens (tertiary/aromatic N) is 2. The number of methoxy groups -OCH3 is 2. The van der Waals surface area contributed by atoms with Gasteiger partial charge < -0.3 is 14.8 Å². The normalized spacial score (nSPS) is 15.4. The van der Waals surface area contributed by atoms with E-state index in [-0.39, 0.29) is 5.91 Å². The molecule has 0 bridgehead atoms. The first-order valence-corrected chi connectivity index (χ1v) is 9.96. The topological polar surface area (TPSA) is 63.7 Å². The number of anilines is 2. The Morgan fingerprint density at radius 1 is 0.935 bits per heavy atom. The van der Waals surface area contributed by atoms with Crippen LogP contribution in [0.1, 0.15) is 22.1 Å². The van der Waals surface area contributed by atoms with Crippen molar-refractivity contribution >= 4 is 28.2 Å². The van der Waals surface area contributed by atoms with Crippen molar-refractivity contribution < 1.29 is 14.3 Å². The van der Waals surface area contributed by atoms with E-state index in [1.54, 1.807) is 31.4 Å². The molecule has 154 valence electrons. The predicted octanol–water partition coefficient (Wildman–Crippen LogP) is 5.02.